The number of alkyl halides is 2. The summed E-state index contributed by atoms with van der Waals surface area (Å²) in [5, 5.41) is 6.66. The van der Waals surface area contributed by atoms with Gasteiger partial charge in [0.25, 0.3) is 6.43 Å². The van der Waals surface area contributed by atoms with Gasteiger partial charge in [-0.25, -0.2) is 27.2 Å². The standard InChI is InChI=1S/C28H32F2N6O4S2/c1-28(2)14-41-27(35-28)16-9-10-17(19(12-16)42(3,38)39)31-18-13-20(33-26(37)15-7-8-15)32-24-22(18)34-25(23(29)30)36(24)21-6-4-5-11-40-21/h9-10,12-13,15,21,23H,4-8,11,14H2,1-3H3,(H2,31,32,33,37). The summed E-state index contributed by atoms with van der Waals surface area (Å²) in [4.78, 5) is 26.2. The number of hydrogen-bond donors (Lipinski definition) is 2. The van der Waals surface area contributed by atoms with Crippen LogP contribution in [0.5, 0.6) is 0 Å². The summed E-state index contributed by atoms with van der Waals surface area (Å²) in [5.41, 5.74) is 1.12. The van der Waals surface area contributed by atoms with Crippen LogP contribution >= 0.6 is 11.8 Å². The predicted octanol–water partition coefficient (Wildman–Crippen LogP) is 5.84. The SMILES string of the molecule is CC1(C)CSC(c2ccc(Nc3cc(NC(=O)C4CC4)nc4c3nc(C(F)F)n4C3CCCCO3)c(S(C)(=O)=O)c2)=N1. The number of sulfone groups is 1. The first-order chi connectivity index (χ1) is 19.9. The number of anilines is 3. The number of benzene rings is 1. The zero-order chi connectivity index (χ0) is 29.8. The molecule has 0 radical (unpaired) electrons. The Morgan fingerprint density at radius 3 is 2.55 bits per heavy atom. The molecule has 1 amide bonds. The molecule has 3 aliphatic rings. The molecule has 0 bridgehead atoms. The maximum absolute atomic E-state index is 14.3. The van der Waals surface area contributed by atoms with Gasteiger partial charge in [0.2, 0.25) is 5.91 Å². The van der Waals surface area contributed by atoms with Crippen molar-refractivity contribution in [2.45, 2.75) is 69.0 Å². The van der Waals surface area contributed by atoms with Crippen LogP contribution in [0.4, 0.5) is 26.0 Å². The molecule has 1 saturated heterocycles. The van der Waals surface area contributed by atoms with E-state index in [1.165, 1.54) is 10.6 Å². The van der Waals surface area contributed by atoms with E-state index in [1.54, 1.807) is 30.0 Å². The molecule has 1 unspecified atom stereocenters. The molecule has 1 saturated carbocycles. The highest BCUT2D eigenvalue weighted by atomic mass is 32.2. The summed E-state index contributed by atoms with van der Waals surface area (Å²) < 4.78 is 61.7. The molecule has 2 fully saturated rings. The van der Waals surface area contributed by atoms with E-state index in [9.17, 15) is 22.0 Å². The lowest BCUT2D eigenvalue weighted by Crippen LogP contribution is -2.21. The molecule has 1 atom stereocenters. The predicted molar refractivity (Wildman–Crippen MR) is 159 cm³/mol. The average Bonchev–Trinajstić information content (AvgIpc) is 3.62. The second-order valence-corrected chi connectivity index (χ2v) is 14.5. The van der Waals surface area contributed by atoms with Gasteiger partial charge in [-0.1, -0.05) is 6.07 Å². The van der Waals surface area contributed by atoms with Gasteiger partial charge in [0.05, 0.1) is 26.9 Å². The summed E-state index contributed by atoms with van der Waals surface area (Å²) in [6, 6.07) is 6.47. The van der Waals surface area contributed by atoms with E-state index >= 15 is 0 Å². The highest BCUT2D eigenvalue weighted by Crippen LogP contribution is 2.39. The number of ether oxygens (including phenoxy) is 1. The largest absolute Gasteiger partial charge is 0.358 e. The van der Waals surface area contributed by atoms with Crippen molar-refractivity contribution in [3.63, 3.8) is 0 Å². The number of carbonyl (C=O) groups is 1. The molecule has 4 heterocycles. The van der Waals surface area contributed by atoms with E-state index in [2.05, 4.69) is 20.6 Å². The summed E-state index contributed by atoms with van der Waals surface area (Å²) in [6.45, 7) is 4.45. The van der Waals surface area contributed by atoms with Gasteiger partial charge in [0.1, 0.15) is 17.6 Å². The number of carbonyl (C=O) groups excluding carboxylic acids is 1. The fourth-order valence-electron chi connectivity index (χ4n) is 5.12. The molecule has 0 spiro atoms. The molecular formula is C28H32F2N6O4S2. The van der Waals surface area contributed by atoms with Crippen LogP contribution in [0.3, 0.4) is 0 Å². The Labute approximate surface area is 246 Å². The van der Waals surface area contributed by atoms with Gasteiger partial charge in [0.15, 0.2) is 21.3 Å². The number of nitrogens with one attached hydrogen (secondary N) is 2. The number of fused-ring (bicyclic) bond motifs is 1. The number of halogens is 2. The molecule has 42 heavy (non-hydrogen) atoms. The maximum Gasteiger partial charge on any atom is 0.295 e. The van der Waals surface area contributed by atoms with Gasteiger partial charge in [-0.2, -0.15) is 0 Å². The highest BCUT2D eigenvalue weighted by molar-refractivity contribution is 8.14. The number of pyridine rings is 1. The van der Waals surface area contributed by atoms with Crippen molar-refractivity contribution in [2.24, 2.45) is 10.9 Å². The summed E-state index contributed by atoms with van der Waals surface area (Å²) in [6.07, 6.45) is 1.17. The second-order valence-electron chi connectivity index (χ2n) is 11.6. The Hall–Kier alpha value is -3.10. The normalized spacial score (nSPS) is 20.6. The molecule has 2 N–H and O–H groups in total. The van der Waals surface area contributed by atoms with Gasteiger partial charge < -0.3 is 15.4 Å². The molecule has 14 heteroatoms. The third-order valence-corrected chi connectivity index (χ3v) is 9.97. The minimum Gasteiger partial charge on any atom is -0.358 e. The van der Waals surface area contributed by atoms with E-state index in [0.717, 1.165) is 42.7 Å². The average molecular weight is 619 g/mol. The monoisotopic (exact) mass is 618 g/mol. The minimum absolute atomic E-state index is 0.0191. The van der Waals surface area contributed by atoms with Crippen LogP contribution < -0.4 is 10.6 Å². The molecule has 1 aromatic carbocycles. The van der Waals surface area contributed by atoms with Crippen molar-refractivity contribution in [1.29, 1.82) is 0 Å². The van der Waals surface area contributed by atoms with Gasteiger partial charge >= 0.3 is 0 Å². The first-order valence-corrected chi connectivity index (χ1v) is 16.7. The van der Waals surface area contributed by atoms with E-state index in [0.29, 0.717) is 18.6 Å². The molecule has 6 rings (SSSR count). The first-order valence-electron chi connectivity index (χ1n) is 13.9. The quantitative estimate of drug-likeness (QED) is 0.323. The van der Waals surface area contributed by atoms with Crippen LogP contribution in [0.25, 0.3) is 11.2 Å². The Balaban J connectivity index is 1.48. The number of imidazole rings is 1. The number of rotatable bonds is 8. The molecule has 224 valence electrons. The lowest BCUT2D eigenvalue weighted by atomic mass is 10.1. The third-order valence-electron chi connectivity index (χ3n) is 7.38. The van der Waals surface area contributed by atoms with Gasteiger partial charge in [0, 0.05) is 36.2 Å². The van der Waals surface area contributed by atoms with Crippen molar-refractivity contribution in [2.75, 3.05) is 29.2 Å². The fraction of sp³-hybridized carbons (Fsp3) is 0.500. The number of nitrogens with zero attached hydrogens (tertiary/aromatic N) is 4. The van der Waals surface area contributed by atoms with Crippen LogP contribution in [0.1, 0.15) is 70.0 Å². The topological polar surface area (TPSA) is 128 Å². The maximum atomic E-state index is 14.3. The highest BCUT2D eigenvalue weighted by Gasteiger charge is 2.32. The van der Waals surface area contributed by atoms with Crippen LogP contribution in [0, 0.1) is 5.92 Å². The number of aliphatic imine (C=N–C) groups is 1. The molecule has 2 aliphatic heterocycles. The smallest absolute Gasteiger partial charge is 0.295 e. The summed E-state index contributed by atoms with van der Waals surface area (Å²) >= 11 is 1.56. The van der Waals surface area contributed by atoms with E-state index in [1.807, 2.05) is 13.8 Å². The van der Waals surface area contributed by atoms with Crippen LogP contribution in [-0.4, -0.2) is 58.1 Å². The summed E-state index contributed by atoms with van der Waals surface area (Å²) in [5.74, 6) is 0.0984. The number of hydrogen-bond acceptors (Lipinski definition) is 9. The Morgan fingerprint density at radius 2 is 1.93 bits per heavy atom. The Morgan fingerprint density at radius 1 is 1.14 bits per heavy atom. The number of thioether (sulfide) groups is 1. The van der Waals surface area contributed by atoms with Crippen LogP contribution in [-0.2, 0) is 19.4 Å². The lowest BCUT2D eigenvalue weighted by molar-refractivity contribution is -0.117. The Bertz CT molecular complexity index is 1700. The second kappa shape index (κ2) is 10.9. The van der Waals surface area contributed by atoms with Crippen LogP contribution in [0.15, 0.2) is 34.2 Å². The third kappa shape index (κ3) is 5.88. The van der Waals surface area contributed by atoms with E-state index in [-0.39, 0.29) is 50.6 Å². The fourth-order valence-corrected chi connectivity index (χ4v) is 7.14. The van der Waals surface area contributed by atoms with Gasteiger partial charge in [-0.3, -0.25) is 14.4 Å². The van der Waals surface area contributed by atoms with E-state index in [4.69, 9.17) is 9.73 Å². The minimum atomic E-state index is -3.73. The van der Waals surface area contributed by atoms with Crippen molar-refractivity contribution < 1.29 is 26.7 Å². The summed E-state index contributed by atoms with van der Waals surface area (Å²) in [7, 11) is -3.73. The zero-order valence-corrected chi connectivity index (χ0v) is 25.1. The van der Waals surface area contributed by atoms with Crippen molar-refractivity contribution in [3.05, 3.63) is 35.7 Å². The molecule has 1 aliphatic carbocycles. The van der Waals surface area contributed by atoms with Gasteiger partial charge in [-0.05, 0) is 58.1 Å². The van der Waals surface area contributed by atoms with Crippen molar-refractivity contribution in [1.82, 2.24) is 14.5 Å². The van der Waals surface area contributed by atoms with Crippen molar-refractivity contribution in [3.8, 4) is 0 Å². The van der Waals surface area contributed by atoms with Crippen LogP contribution in [0.2, 0.25) is 0 Å². The molecule has 10 nitrogen and oxygen atoms in total. The number of amides is 1. The number of aromatic nitrogens is 3. The first kappa shape index (κ1) is 29.0. The van der Waals surface area contributed by atoms with Gasteiger partial charge in [-0.15, -0.1) is 11.8 Å². The molecule has 3 aromatic rings. The van der Waals surface area contributed by atoms with Crippen molar-refractivity contribution >= 4 is 60.9 Å². The zero-order valence-electron chi connectivity index (χ0n) is 23.5. The van der Waals surface area contributed by atoms with E-state index < -0.39 is 28.3 Å². The lowest BCUT2D eigenvalue weighted by Gasteiger charge is -2.25. The molecule has 2 aromatic heterocycles. The molecular weight excluding hydrogens is 586 g/mol. The Kier molecular flexibility index (Phi) is 7.50.